The fourth-order valence-corrected chi connectivity index (χ4v) is 1.97. The van der Waals surface area contributed by atoms with E-state index in [9.17, 15) is 4.79 Å². The van der Waals surface area contributed by atoms with Crippen molar-refractivity contribution in [1.82, 2.24) is 20.3 Å². The standard InChI is InChI=1S/C14H11ClN4O/c15-11-3-1-9(2-4-11)6-17-14(20)10-5-12-13(16-7-10)19-8-18-12/h1-5,7-8H,6H2,(H,17,20)(H,16,18,19). The normalized spacial score (nSPS) is 10.7. The molecular formula is C14H11ClN4O. The van der Waals surface area contributed by atoms with Gasteiger partial charge in [0.2, 0.25) is 0 Å². The summed E-state index contributed by atoms with van der Waals surface area (Å²) in [6.07, 6.45) is 3.06. The predicted octanol–water partition coefficient (Wildman–Crippen LogP) is 2.54. The molecule has 0 aliphatic rings. The topological polar surface area (TPSA) is 70.7 Å². The lowest BCUT2D eigenvalue weighted by atomic mass is 10.2. The van der Waals surface area contributed by atoms with Crippen LogP contribution in [0.2, 0.25) is 5.02 Å². The van der Waals surface area contributed by atoms with Crippen LogP contribution in [0.15, 0.2) is 42.9 Å². The van der Waals surface area contributed by atoms with Gasteiger partial charge in [-0.1, -0.05) is 23.7 Å². The molecule has 0 bridgehead atoms. The Morgan fingerprint density at radius 3 is 2.85 bits per heavy atom. The van der Waals surface area contributed by atoms with Gasteiger partial charge in [-0.3, -0.25) is 4.79 Å². The van der Waals surface area contributed by atoms with E-state index in [-0.39, 0.29) is 5.91 Å². The van der Waals surface area contributed by atoms with E-state index < -0.39 is 0 Å². The van der Waals surface area contributed by atoms with Crippen LogP contribution in [0.1, 0.15) is 15.9 Å². The Bertz CT molecular complexity index is 751. The Morgan fingerprint density at radius 1 is 1.25 bits per heavy atom. The quantitative estimate of drug-likeness (QED) is 0.777. The Labute approximate surface area is 120 Å². The van der Waals surface area contributed by atoms with Crippen LogP contribution in [0, 0.1) is 0 Å². The molecule has 2 heterocycles. The van der Waals surface area contributed by atoms with Gasteiger partial charge >= 0.3 is 0 Å². The number of hydrogen-bond acceptors (Lipinski definition) is 3. The van der Waals surface area contributed by atoms with Gasteiger partial charge in [0.15, 0.2) is 5.65 Å². The van der Waals surface area contributed by atoms with E-state index in [1.807, 2.05) is 12.1 Å². The van der Waals surface area contributed by atoms with Crippen LogP contribution in [-0.2, 0) is 6.54 Å². The van der Waals surface area contributed by atoms with E-state index in [1.165, 1.54) is 6.20 Å². The summed E-state index contributed by atoms with van der Waals surface area (Å²) >= 11 is 5.81. The van der Waals surface area contributed by atoms with Crippen molar-refractivity contribution in [2.75, 3.05) is 0 Å². The first-order chi connectivity index (χ1) is 9.72. The van der Waals surface area contributed by atoms with Crippen molar-refractivity contribution in [3.05, 3.63) is 59.0 Å². The molecule has 5 nitrogen and oxygen atoms in total. The van der Waals surface area contributed by atoms with Crippen molar-refractivity contribution < 1.29 is 4.79 Å². The molecule has 0 aliphatic heterocycles. The first-order valence-corrected chi connectivity index (χ1v) is 6.42. The maximum absolute atomic E-state index is 12.0. The molecular weight excluding hydrogens is 276 g/mol. The Hall–Kier alpha value is -2.40. The monoisotopic (exact) mass is 286 g/mol. The number of hydrogen-bond donors (Lipinski definition) is 2. The summed E-state index contributed by atoms with van der Waals surface area (Å²) in [5.41, 5.74) is 2.82. The zero-order valence-corrected chi connectivity index (χ0v) is 11.2. The van der Waals surface area contributed by atoms with Crippen LogP contribution in [-0.4, -0.2) is 20.9 Å². The second kappa shape index (κ2) is 5.30. The average Bonchev–Trinajstić information content (AvgIpc) is 2.93. The number of rotatable bonds is 3. The third-order valence-corrected chi connectivity index (χ3v) is 3.15. The van der Waals surface area contributed by atoms with E-state index in [1.54, 1.807) is 24.5 Å². The second-order valence-corrected chi connectivity index (χ2v) is 4.74. The van der Waals surface area contributed by atoms with Crippen molar-refractivity contribution in [2.45, 2.75) is 6.54 Å². The third kappa shape index (κ3) is 2.62. The van der Waals surface area contributed by atoms with Gasteiger partial charge in [0.1, 0.15) is 0 Å². The average molecular weight is 287 g/mol. The molecule has 0 aliphatic carbocycles. The van der Waals surface area contributed by atoms with Gasteiger partial charge in [-0.05, 0) is 23.8 Å². The van der Waals surface area contributed by atoms with E-state index in [2.05, 4.69) is 20.3 Å². The van der Waals surface area contributed by atoms with Crippen molar-refractivity contribution in [1.29, 1.82) is 0 Å². The minimum absolute atomic E-state index is 0.177. The lowest BCUT2D eigenvalue weighted by molar-refractivity contribution is 0.0950. The number of carbonyl (C=O) groups excluding carboxylic acids is 1. The van der Waals surface area contributed by atoms with Gasteiger partial charge in [0.25, 0.3) is 5.91 Å². The molecule has 3 aromatic rings. The number of benzene rings is 1. The number of fused-ring (bicyclic) bond motifs is 1. The molecule has 100 valence electrons. The lowest BCUT2D eigenvalue weighted by Gasteiger charge is -2.05. The fraction of sp³-hybridized carbons (Fsp3) is 0.0714. The van der Waals surface area contributed by atoms with Gasteiger partial charge in [-0.15, -0.1) is 0 Å². The molecule has 3 rings (SSSR count). The van der Waals surface area contributed by atoms with E-state index >= 15 is 0 Å². The minimum Gasteiger partial charge on any atom is -0.348 e. The highest BCUT2D eigenvalue weighted by Gasteiger charge is 2.08. The van der Waals surface area contributed by atoms with E-state index in [0.717, 1.165) is 11.1 Å². The number of pyridine rings is 1. The number of aromatic nitrogens is 3. The van der Waals surface area contributed by atoms with Gasteiger partial charge in [0.05, 0.1) is 17.4 Å². The van der Waals surface area contributed by atoms with Gasteiger partial charge in [-0.25, -0.2) is 9.97 Å². The number of nitrogens with zero attached hydrogens (tertiary/aromatic N) is 2. The lowest BCUT2D eigenvalue weighted by Crippen LogP contribution is -2.22. The molecule has 0 unspecified atom stereocenters. The van der Waals surface area contributed by atoms with E-state index in [4.69, 9.17) is 11.6 Å². The molecule has 0 saturated carbocycles. The molecule has 20 heavy (non-hydrogen) atoms. The summed E-state index contributed by atoms with van der Waals surface area (Å²) < 4.78 is 0. The molecule has 2 N–H and O–H groups in total. The summed E-state index contributed by atoms with van der Waals surface area (Å²) in [4.78, 5) is 23.1. The van der Waals surface area contributed by atoms with Crippen LogP contribution < -0.4 is 5.32 Å². The summed E-state index contributed by atoms with van der Waals surface area (Å²) in [5.74, 6) is -0.177. The second-order valence-electron chi connectivity index (χ2n) is 4.31. The van der Waals surface area contributed by atoms with Crippen LogP contribution >= 0.6 is 11.6 Å². The predicted molar refractivity (Wildman–Crippen MR) is 76.5 cm³/mol. The molecule has 1 aromatic carbocycles. The first kappa shape index (κ1) is 12.6. The number of aromatic amines is 1. The summed E-state index contributed by atoms with van der Waals surface area (Å²) in [6.45, 7) is 0.441. The molecule has 1 amide bonds. The largest absolute Gasteiger partial charge is 0.348 e. The zero-order chi connectivity index (χ0) is 13.9. The molecule has 0 radical (unpaired) electrons. The molecule has 0 spiro atoms. The number of carbonyl (C=O) groups is 1. The van der Waals surface area contributed by atoms with Crippen molar-refractivity contribution in [3.8, 4) is 0 Å². The van der Waals surface area contributed by atoms with Crippen LogP contribution in [0.25, 0.3) is 11.2 Å². The fourth-order valence-electron chi connectivity index (χ4n) is 1.84. The Morgan fingerprint density at radius 2 is 2.05 bits per heavy atom. The maximum atomic E-state index is 12.0. The number of imidazole rings is 1. The SMILES string of the molecule is O=C(NCc1ccc(Cl)cc1)c1cnc2nc[nH]c2c1. The molecule has 0 saturated heterocycles. The number of nitrogens with one attached hydrogen (secondary N) is 2. The molecule has 2 aromatic heterocycles. The van der Waals surface area contributed by atoms with Gasteiger partial charge < -0.3 is 10.3 Å². The maximum Gasteiger partial charge on any atom is 0.253 e. The summed E-state index contributed by atoms with van der Waals surface area (Å²) in [5, 5.41) is 3.51. The number of H-pyrrole nitrogens is 1. The zero-order valence-electron chi connectivity index (χ0n) is 10.4. The van der Waals surface area contributed by atoms with Crippen LogP contribution in [0.4, 0.5) is 0 Å². The summed E-state index contributed by atoms with van der Waals surface area (Å²) in [6, 6.07) is 9.06. The molecule has 0 fully saturated rings. The van der Waals surface area contributed by atoms with Crippen LogP contribution in [0.5, 0.6) is 0 Å². The van der Waals surface area contributed by atoms with Crippen molar-refractivity contribution in [2.24, 2.45) is 0 Å². The van der Waals surface area contributed by atoms with Crippen LogP contribution in [0.3, 0.4) is 0 Å². The highest BCUT2D eigenvalue weighted by atomic mass is 35.5. The smallest absolute Gasteiger partial charge is 0.253 e. The minimum atomic E-state index is -0.177. The van der Waals surface area contributed by atoms with Gasteiger partial charge in [0, 0.05) is 17.8 Å². The van der Waals surface area contributed by atoms with Gasteiger partial charge in [-0.2, -0.15) is 0 Å². The number of halogens is 1. The highest BCUT2D eigenvalue weighted by Crippen LogP contribution is 2.10. The summed E-state index contributed by atoms with van der Waals surface area (Å²) in [7, 11) is 0. The Kier molecular flexibility index (Phi) is 3.35. The van der Waals surface area contributed by atoms with E-state index in [0.29, 0.717) is 22.8 Å². The highest BCUT2D eigenvalue weighted by molar-refractivity contribution is 6.30. The number of amides is 1. The van der Waals surface area contributed by atoms with Crippen molar-refractivity contribution >= 4 is 28.7 Å². The first-order valence-electron chi connectivity index (χ1n) is 6.04. The molecule has 6 heteroatoms. The Balaban J connectivity index is 1.70. The molecule has 0 atom stereocenters. The van der Waals surface area contributed by atoms with Crippen molar-refractivity contribution in [3.63, 3.8) is 0 Å². The third-order valence-electron chi connectivity index (χ3n) is 2.90.